The van der Waals surface area contributed by atoms with E-state index in [9.17, 15) is 4.79 Å². The number of nitrogens with one attached hydrogen (secondary N) is 1. The van der Waals surface area contributed by atoms with E-state index in [0.717, 1.165) is 11.1 Å². The monoisotopic (exact) mass is 328 g/mol. The van der Waals surface area contributed by atoms with Crippen LogP contribution in [0.4, 0.5) is 0 Å². The van der Waals surface area contributed by atoms with Gasteiger partial charge in [0.1, 0.15) is 5.75 Å². The second kappa shape index (κ2) is 8.01. The lowest BCUT2D eigenvalue weighted by atomic mass is 10.1. The molecule has 1 N–H and O–H groups in total. The lowest BCUT2D eigenvalue weighted by Crippen LogP contribution is -2.18. The molecule has 0 aromatic heterocycles. The average molecular weight is 328 g/mol. The Labute approximate surface area is 141 Å². The van der Waals surface area contributed by atoms with Crippen LogP contribution >= 0.6 is 0 Å². The molecule has 0 bridgehead atoms. The largest absolute Gasteiger partial charge is 0.496 e. The van der Waals surface area contributed by atoms with Gasteiger partial charge in [-0.3, -0.25) is 4.79 Å². The Morgan fingerprint density at radius 3 is 2.33 bits per heavy atom. The maximum absolute atomic E-state index is 12.2. The Balaban J connectivity index is 2.10. The maximum atomic E-state index is 12.2. The van der Waals surface area contributed by atoms with Crippen molar-refractivity contribution in [3.05, 3.63) is 53.1 Å². The number of hydrogen-bond donors (Lipinski definition) is 1. The zero-order valence-electron chi connectivity index (χ0n) is 14.1. The number of carbonyl (C=O) groups is 1. The molecule has 24 heavy (non-hydrogen) atoms. The van der Waals surface area contributed by atoms with Gasteiger partial charge in [-0.2, -0.15) is 5.10 Å². The molecule has 0 unspecified atom stereocenters. The van der Waals surface area contributed by atoms with E-state index in [1.165, 1.54) is 13.3 Å². The summed E-state index contributed by atoms with van der Waals surface area (Å²) in [4.78, 5) is 12.2. The number of rotatable bonds is 6. The number of benzene rings is 2. The fourth-order valence-electron chi connectivity index (χ4n) is 2.14. The van der Waals surface area contributed by atoms with E-state index in [2.05, 4.69) is 10.5 Å². The van der Waals surface area contributed by atoms with Crippen molar-refractivity contribution in [2.45, 2.75) is 6.92 Å². The van der Waals surface area contributed by atoms with E-state index in [1.54, 1.807) is 38.5 Å². The van der Waals surface area contributed by atoms with Crippen molar-refractivity contribution in [1.82, 2.24) is 5.43 Å². The normalized spacial score (nSPS) is 10.5. The second-order valence-corrected chi connectivity index (χ2v) is 5.02. The summed E-state index contributed by atoms with van der Waals surface area (Å²) in [7, 11) is 4.66. The molecule has 0 atom stereocenters. The molecule has 0 spiro atoms. The third kappa shape index (κ3) is 4.04. The summed E-state index contributed by atoms with van der Waals surface area (Å²) in [6, 6.07) is 10.7. The van der Waals surface area contributed by atoms with Crippen molar-refractivity contribution in [2.75, 3.05) is 21.3 Å². The van der Waals surface area contributed by atoms with Crippen LogP contribution in [-0.2, 0) is 0 Å². The Kier molecular flexibility index (Phi) is 5.78. The first-order valence-electron chi connectivity index (χ1n) is 7.29. The molecule has 6 nitrogen and oxygen atoms in total. The van der Waals surface area contributed by atoms with Gasteiger partial charge < -0.3 is 14.2 Å². The Morgan fingerprint density at radius 1 is 0.958 bits per heavy atom. The van der Waals surface area contributed by atoms with Gasteiger partial charge in [0, 0.05) is 0 Å². The van der Waals surface area contributed by atoms with Crippen molar-refractivity contribution in [3.63, 3.8) is 0 Å². The molecule has 2 rings (SSSR count). The summed E-state index contributed by atoms with van der Waals surface area (Å²) in [5, 5.41) is 3.97. The minimum absolute atomic E-state index is 0.344. The summed E-state index contributed by atoms with van der Waals surface area (Å²) < 4.78 is 15.6. The number of hydrogen-bond acceptors (Lipinski definition) is 5. The van der Waals surface area contributed by atoms with E-state index in [-0.39, 0.29) is 5.91 Å². The van der Waals surface area contributed by atoms with Crippen molar-refractivity contribution in [2.24, 2.45) is 5.10 Å². The number of hydrazone groups is 1. The third-order valence-corrected chi connectivity index (χ3v) is 3.39. The lowest BCUT2D eigenvalue weighted by molar-refractivity contribution is 0.0952. The summed E-state index contributed by atoms with van der Waals surface area (Å²) in [6.07, 6.45) is 1.53. The van der Waals surface area contributed by atoms with Crippen LogP contribution < -0.4 is 19.6 Å². The van der Waals surface area contributed by atoms with Gasteiger partial charge in [0.25, 0.3) is 5.91 Å². The van der Waals surface area contributed by atoms with Gasteiger partial charge in [-0.1, -0.05) is 6.07 Å². The highest BCUT2D eigenvalue weighted by Gasteiger charge is 2.11. The number of carbonyl (C=O) groups excluding carboxylic acids is 1. The van der Waals surface area contributed by atoms with Crippen LogP contribution in [0.15, 0.2) is 41.5 Å². The molecule has 2 aromatic carbocycles. The summed E-state index contributed by atoms with van der Waals surface area (Å²) >= 11 is 0. The summed E-state index contributed by atoms with van der Waals surface area (Å²) in [6.45, 7) is 1.93. The number of ether oxygens (including phenoxy) is 3. The van der Waals surface area contributed by atoms with E-state index in [1.807, 2.05) is 19.1 Å². The van der Waals surface area contributed by atoms with Crippen LogP contribution in [0, 0.1) is 6.92 Å². The fraction of sp³-hybridized carbons (Fsp3) is 0.222. The SMILES string of the molecule is COc1ccc(/C=N\NC(=O)c2ccc(C)cc2OC)cc1OC. The standard InChI is InChI=1S/C18H20N2O4/c1-12-5-7-14(16(9-12)23-3)18(21)20-19-11-13-6-8-15(22-2)17(10-13)24-4/h5-11H,1-4H3,(H,20,21)/b19-11-. The van der Waals surface area contributed by atoms with Crippen LogP contribution in [0.3, 0.4) is 0 Å². The van der Waals surface area contributed by atoms with E-state index >= 15 is 0 Å². The first-order chi connectivity index (χ1) is 11.6. The van der Waals surface area contributed by atoms with E-state index < -0.39 is 0 Å². The molecule has 0 saturated carbocycles. The fourth-order valence-corrected chi connectivity index (χ4v) is 2.14. The van der Waals surface area contributed by atoms with Crippen LogP contribution in [0.5, 0.6) is 17.2 Å². The van der Waals surface area contributed by atoms with Gasteiger partial charge in [-0.25, -0.2) is 5.43 Å². The van der Waals surface area contributed by atoms with Crippen LogP contribution in [0.2, 0.25) is 0 Å². The smallest absolute Gasteiger partial charge is 0.275 e. The van der Waals surface area contributed by atoms with Crippen LogP contribution in [0.25, 0.3) is 0 Å². The molecule has 0 heterocycles. The molecular weight excluding hydrogens is 308 g/mol. The maximum Gasteiger partial charge on any atom is 0.275 e. The molecule has 0 aliphatic carbocycles. The number of nitrogens with zero attached hydrogens (tertiary/aromatic N) is 1. The average Bonchev–Trinajstić information content (AvgIpc) is 2.61. The highest BCUT2D eigenvalue weighted by atomic mass is 16.5. The Bertz CT molecular complexity index is 757. The van der Waals surface area contributed by atoms with Gasteiger partial charge in [0.15, 0.2) is 11.5 Å². The quantitative estimate of drug-likeness (QED) is 0.654. The molecule has 0 saturated heterocycles. The first-order valence-corrected chi connectivity index (χ1v) is 7.29. The Hall–Kier alpha value is -3.02. The van der Waals surface area contributed by atoms with Gasteiger partial charge in [0.05, 0.1) is 33.1 Å². The summed E-state index contributed by atoms with van der Waals surface area (Å²) in [5.41, 5.74) is 4.69. The van der Waals surface area contributed by atoms with Gasteiger partial charge in [-0.05, 0) is 48.4 Å². The minimum Gasteiger partial charge on any atom is -0.496 e. The summed E-state index contributed by atoms with van der Waals surface area (Å²) in [5.74, 6) is 1.38. The second-order valence-electron chi connectivity index (χ2n) is 5.02. The van der Waals surface area contributed by atoms with Crippen LogP contribution in [-0.4, -0.2) is 33.5 Å². The number of aryl methyl sites for hydroxylation is 1. The molecule has 2 aromatic rings. The topological polar surface area (TPSA) is 69.2 Å². The van der Waals surface area contributed by atoms with Crippen molar-refractivity contribution in [3.8, 4) is 17.2 Å². The van der Waals surface area contributed by atoms with Gasteiger partial charge in [-0.15, -0.1) is 0 Å². The predicted molar refractivity (Wildman–Crippen MR) is 92.3 cm³/mol. The van der Waals surface area contributed by atoms with E-state index in [0.29, 0.717) is 22.8 Å². The number of methoxy groups -OCH3 is 3. The predicted octanol–water partition coefficient (Wildman–Crippen LogP) is 2.78. The third-order valence-electron chi connectivity index (χ3n) is 3.39. The van der Waals surface area contributed by atoms with Crippen molar-refractivity contribution >= 4 is 12.1 Å². The zero-order valence-corrected chi connectivity index (χ0v) is 14.1. The molecule has 0 fully saturated rings. The zero-order chi connectivity index (χ0) is 17.5. The Morgan fingerprint density at radius 2 is 1.67 bits per heavy atom. The molecule has 0 aliphatic heterocycles. The van der Waals surface area contributed by atoms with Crippen molar-refractivity contribution in [1.29, 1.82) is 0 Å². The molecule has 0 radical (unpaired) electrons. The van der Waals surface area contributed by atoms with Gasteiger partial charge >= 0.3 is 0 Å². The molecule has 1 amide bonds. The molecule has 6 heteroatoms. The van der Waals surface area contributed by atoms with Crippen LogP contribution in [0.1, 0.15) is 21.5 Å². The first kappa shape index (κ1) is 17.3. The molecule has 0 aliphatic rings. The lowest BCUT2D eigenvalue weighted by Gasteiger charge is -2.08. The molecule has 126 valence electrons. The molecular formula is C18H20N2O4. The van der Waals surface area contributed by atoms with Crippen molar-refractivity contribution < 1.29 is 19.0 Å². The van der Waals surface area contributed by atoms with E-state index in [4.69, 9.17) is 14.2 Å². The number of amides is 1. The highest BCUT2D eigenvalue weighted by molar-refractivity contribution is 5.97. The van der Waals surface area contributed by atoms with Gasteiger partial charge in [0.2, 0.25) is 0 Å². The highest BCUT2D eigenvalue weighted by Crippen LogP contribution is 2.26. The minimum atomic E-state index is -0.344.